The smallest absolute Gasteiger partial charge is 0.213 e. The van der Waals surface area contributed by atoms with Gasteiger partial charge in [0, 0.05) is 43.4 Å². The van der Waals surface area contributed by atoms with Gasteiger partial charge in [0.1, 0.15) is 11.6 Å². The molecule has 4 rings (SSSR count). The highest BCUT2D eigenvalue weighted by Crippen LogP contribution is 2.33. The minimum absolute atomic E-state index is 0.0748. The number of sulfonamides is 1. The van der Waals surface area contributed by atoms with Crippen LogP contribution in [0, 0.1) is 6.92 Å². The van der Waals surface area contributed by atoms with Crippen LogP contribution in [0.3, 0.4) is 0 Å². The van der Waals surface area contributed by atoms with Gasteiger partial charge in [-0.05, 0) is 38.7 Å². The molecule has 0 spiro atoms. The maximum atomic E-state index is 12.2. The lowest BCUT2D eigenvalue weighted by Crippen LogP contribution is -2.32. The molecular formula is C21H28N4O2S. The first kappa shape index (κ1) is 19.3. The number of benzene rings is 1. The van der Waals surface area contributed by atoms with Crippen LogP contribution in [0.25, 0.3) is 0 Å². The summed E-state index contributed by atoms with van der Waals surface area (Å²) in [4.78, 5) is 12.1. The zero-order valence-corrected chi connectivity index (χ0v) is 17.5. The lowest BCUT2D eigenvalue weighted by molar-refractivity contribution is 0.472. The number of aromatic nitrogens is 2. The number of anilines is 1. The molecule has 1 atom stereocenters. The van der Waals surface area contributed by atoms with E-state index >= 15 is 0 Å². The minimum atomic E-state index is -3.15. The summed E-state index contributed by atoms with van der Waals surface area (Å²) in [6.45, 7) is 6.64. The highest BCUT2D eigenvalue weighted by Gasteiger charge is 2.34. The first-order chi connectivity index (χ1) is 13.5. The van der Waals surface area contributed by atoms with Crippen LogP contribution < -0.4 is 4.90 Å². The van der Waals surface area contributed by atoms with Crippen LogP contribution in [-0.4, -0.2) is 48.1 Å². The average Bonchev–Trinajstić information content (AvgIpc) is 3.20. The number of rotatable bonds is 5. The first-order valence-electron chi connectivity index (χ1n) is 10.1. The standard InChI is InChI=1S/C21H28N4O2S/c1-3-28(26,27)25-13-11-18(15-25)20-22-16(2)19-10-7-12-24(21(19)23-20)14-17-8-5-4-6-9-17/h4-6,8-9,18H,3,7,10-15H2,1-2H3/t18-/m0/s1. The second kappa shape index (κ2) is 7.79. The molecule has 1 saturated heterocycles. The molecular weight excluding hydrogens is 372 g/mol. The van der Waals surface area contributed by atoms with Gasteiger partial charge in [-0.15, -0.1) is 0 Å². The van der Waals surface area contributed by atoms with Crippen molar-refractivity contribution < 1.29 is 8.42 Å². The maximum Gasteiger partial charge on any atom is 0.213 e. The summed E-state index contributed by atoms with van der Waals surface area (Å²) in [5.74, 6) is 2.06. The van der Waals surface area contributed by atoms with E-state index in [1.807, 2.05) is 6.07 Å². The molecule has 0 bridgehead atoms. The van der Waals surface area contributed by atoms with Gasteiger partial charge in [0.25, 0.3) is 0 Å². The number of hydrogen-bond acceptors (Lipinski definition) is 5. The van der Waals surface area contributed by atoms with Gasteiger partial charge >= 0.3 is 0 Å². The molecule has 2 aliphatic rings. The summed E-state index contributed by atoms with van der Waals surface area (Å²) in [6, 6.07) is 10.5. The van der Waals surface area contributed by atoms with Crippen molar-refractivity contribution in [3.05, 3.63) is 53.0 Å². The SMILES string of the molecule is CCS(=O)(=O)N1CC[C@H](c2nc(C)c3c(n2)N(Cc2ccccc2)CCC3)C1. The third-order valence-corrected chi connectivity index (χ3v) is 7.70. The van der Waals surface area contributed by atoms with Crippen molar-refractivity contribution in [1.29, 1.82) is 0 Å². The molecule has 3 heterocycles. The Hall–Kier alpha value is -1.99. The van der Waals surface area contributed by atoms with E-state index in [1.165, 1.54) is 11.1 Å². The number of hydrogen-bond donors (Lipinski definition) is 0. The van der Waals surface area contributed by atoms with Gasteiger partial charge in [0.2, 0.25) is 10.0 Å². The van der Waals surface area contributed by atoms with Gasteiger partial charge in [-0.25, -0.2) is 22.7 Å². The quantitative estimate of drug-likeness (QED) is 0.772. The molecule has 28 heavy (non-hydrogen) atoms. The summed E-state index contributed by atoms with van der Waals surface area (Å²) in [7, 11) is -3.15. The highest BCUT2D eigenvalue weighted by atomic mass is 32.2. The van der Waals surface area contributed by atoms with E-state index in [0.29, 0.717) is 13.1 Å². The molecule has 1 aromatic carbocycles. The summed E-state index contributed by atoms with van der Waals surface area (Å²) < 4.78 is 26.0. The summed E-state index contributed by atoms with van der Waals surface area (Å²) >= 11 is 0. The van der Waals surface area contributed by atoms with Gasteiger partial charge in [0.05, 0.1) is 5.75 Å². The molecule has 1 fully saturated rings. The summed E-state index contributed by atoms with van der Waals surface area (Å²) in [6.07, 6.45) is 2.90. The van der Waals surface area contributed by atoms with Gasteiger partial charge < -0.3 is 4.90 Å². The van der Waals surface area contributed by atoms with Crippen LogP contribution in [0.1, 0.15) is 48.3 Å². The van der Waals surface area contributed by atoms with Crippen LogP contribution in [-0.2, 0) is 23.0 Å². The third-order valence-electron chi connectivity index (χ3n) is 5.85. The topological polar surface area (TPSA) is 66.4 Å². The van der Waals surface area contributed by atoms with E-state index in [2.05, 4.69) is 36.1 Å². The number of fused-ring (bicyclic) bond motifs is 1. The van der Waals surface area contributed by atoms with E-state index in [1.54, 1.807) is 11.2 Å². The summed E-state index contributed by atoms with van der Waals surface area (Å²) in [5.41, 5.74) is 3.55. The zero-order chi connectivity index (χ0) is 19.7. The second-order valence-corrected chi connectivity index (χ2v) is 9.98. The van der Waals surface area contributed by atoms with E-state index < -0.39 is 10.0 Å². The Kier molecular flexibility index (Phi) is 5.38. The molecule has 0 aliphatic carbocycles. The van der Waals surface area contributed by atoms with Crippen LogP contribution in [0.4, 0.5) is 5.82 Å². The fraction of sp³-hybridized carbons (Fsp3) is 0.524. The molecule has 0 saturated carbocycles. The van der Waals surface area contributed by atoms with E-state index in [9.17, 15) is 8.42 Å². The van der Waals surface area contributed by atoms with E-state index in [-0.39, 0.29) is 11.7 Å². The maximum absolute atomic E-state index is 12.2. The summed E-state index contributed by atoms with van der Waals surface area (Å²) in [5, 5.41) is 0. The molecule has 0 unspecified atom stereocenters. The van der Waals surface area contributed by atoms with Crippen molar-refractivity contribution in [2.75, 3.05) is 30.3 Å². The van der Waals surface area contributed by atoms with Crippen molar-refractivity contribution in [3.63, 3.8) is 0 Å². The largest absolute Gasteiger partial charge is 0.352 e. The lowest BCUT2D eigenvalue weighted by Gasteiger charge is -2.31. The third kappa shape index (κ3) is 3.78. The lowest BCUT2D eigenvalue weighted by atomic mass is 10.0. The highest BCUT2D eigenvalue weighted by molar-refractivity contribution is 7.89. The monoisotopic (exact) mass is 400 g/mol. The number of nitrogens with zero attached hydrogens (tertiary/aromatic N) is 4. The molecule has 150 valence electrons. The van der Waals surface area contributed by atoms with E-state index in [0.717, 1.165) is 49.7 Å². The number of aryl methyl sites for hydroxylation is 1. The fourth-order valence-electron chi connectivity index (χ4n) is 4.22. The molecule has 2 aliphatic heterocycles. The first-order valence-corrected chi connectivity index (χ1v) is 11.7. The van der Waals surface area contributed by atoms with E-state index in [4.69, 9.17) is 9.97 Å². The fourth-order valence-corrected chi connectivity index (χ4v) is 5.38. The van der Waals surface area contributed by atoms with Crippen molar-refractivity contribution in [1.82, 2.24) is 14.3 Å². The molecule has 0 N–H and O–H groups in total. The van der Waals surface area contributed by atoms with Crippen LogP contribution in [0.15, 0.2) is 30.3 Å². The Morgan fingerprint density at radius 3 is 2.68 bits per heavy atom. The van der Waals surface area contributed by atoms with Crippen molar-refractivity contribution in [2.24, 2.45) is 0 Å². The van der Waals surface area contributed by atoms with Crippen LogP contribution in [0.2, 0.25) is 0 Å². The van der Waals surface area contributed by atoms with Crippen molar-refractivity contribution in [2.45, 2.75) is 45.6 Å². The Morgan fingerprint density at radius 1 is 1.14 bits per heavy atom. The molecule has 2 aromatic rings. The predicted octanol–water partition coefficient (Wildman–Crippen LogP) is 2.88. The van der Waals surface area contributed by atoms with Crippen LogP contribution >= 0.6 is 0 Å². The molecule has 1 aromatic heterocycles. The Bertz CT molecular complexity index is 946. The second-order valence-electron chi connectivity index (χ2n) is 7.72. The van der Waals surface area contributed by atoms with Crippen molar-refractivity contribution >= 4 is 15.8 Å². The molecule has 6 nitrogen and oxygen atoms in total. The van der Waals surface area contributed by atoms with Gasteiger partial charge in [-0.3, -0.25) is 0 Å². The van der Waals surface area contributed by atoms with Gasteiger partial charge in [0.15, 0.2) is 0 Å². The Morgan fingerprint density at radius 2 is 1.93 bits per heavy atom. The minimum Gasteiger partial charge on any atom is -0.352 e. The Balaban J connectivity index is 1.61. The average molecular weight is 401 g/mol. The van der Waals surface area contributed by atoms with Gasteiger partial charge in [-0.2, -0.15) is 0 Å². The van der Waals surface area contributed by atoms with Crippen molar-refractivity contribution in [3.8, 4) is 0 Å². The van der Waals surface area contributed by atoms with Gasteiger partial charge in [-0.1, -0.05) is 30.3 Å². The molecule has 0 radical (unpaired) electrons. The molecule has 0 amide bonds. The van der Waals surface area contributed by atoms with Crippen LogP contribution in [0.5, 0.6) is 0 Å². The normalized spacial score (nSPS) is 20.4. The zero-order valence-electron chi connectivity index (χ0n) is 16.6. The predicted molar refractivity (Wildman–Crippen MR) is 111 cm³/mol. The Labute approximate surface area is 167 Å². The molecule has 7 heteroatoms.